The second-order valence-electron chi connectivity index (χ2n) is 5.24. The van der Waals surface area contributed by atoms with Crippen molar-refractivity contribution in [2.75, 3.05) is 6.26 Å². The van der Waals surface area contributed by atoms with Gasteiger partial charge in [-0.3, -0.25) is 10.2 Å². The highest BCUT2D eigenvalue weighted by Gasteiger charge is 2.13. The summed E-state index contributed by atoms with van der Waals surface area (Å²) in [6.07, 6.45) is 2.91. The average molecular weight is 329 g/mol. The summed E-state index contributed by atoms with van der Waals surface area (Å²) < 4.78 is 23.1. The molecule has 0 saturated carbocycles. The lowest BCUT2D eigenvalue weighted by Crippen LogP contribution is -2.30. The first kappa shape index (κ1) is 15.3. The molecular weight excluding hydrogens is 314 g/mol. The predicted octanol–water partition coefficient (Wildman–Crippen LogP) is 1.84. The topological polar surface area (TPSA) is 105 Å². The molecule has 0 fully saturated rings. The first-order chi connectivity index (χ1) is 10.9. The highest BCUT2D eigenvalue weighted by Crippen LogP contribution is 2.28. The van der Waals surface area contributed by atoms with E-state index in [9.17, 15) is 13.2 Å². The minimum absolute atomic E-state index is 0.254. The number of H-pyrrole nitrogens is 1. The number of aromatic amines is 1. The normalized spacial score (nSPS) is 11.6. The van der Waals surface area contributed by atoms with Crippen molar-refractivity contribution in [3.8, 4) is 11.1 Å². The van der Waals surface area contributed by atoms with Crippen molar-refractivity contribution in [2.45, 2.75) is 4.90 Å². The lowest BCUT2D eigenvalue weighted by Gasteiger charge is -2.08. The lowest BCUT2D eigenvalue weighted by atomic mass is 10.00. The number of nitrogens with one attached hydrogen (secondary N) is 2. The molecule has 0 saturated heterocycles. The average Bonchev–Trinajstić information content (AvgIpc) is 3.01. The van der Waals surface area contributed by atoms with E-state index < -0.39 is 15.7 Å². The third-order valence-electron chi connectivity index (χ3n) is 3.65. The molecule has 0 spiro atoms. The summed E-state index contributed by atoms with van der Waals surface area (Å²) in [6, 6.07) is 12.0. The quantitative estimate of drug-likeness (QED) is 0.387. The summed E-state index contributed by atoms with van der Waals surface area (Å²) in [6.45, 7) is 0. The number of amides is 1. The SMILES string of the molecule is CS(=O)(=O)c1ccc(-c2cc(C(=O)NN)c3[nH]ccc3c2)cc1. The van der Waals surface area contributed by atoms with E-state index >= 15 is 0 Å². The largest absolute Gasteiger partial charge is 0.361 e. The van der Waals surface area contributed by atoms with Crippen LogP contribution in [0.1, 0.15) is 10.4 Å². The second kappa shape index (κ2) is 5.53. The summed E-state index contributed by atoms with van der Waals surface area (Å²) in [7, 11) is -3.24. The Balaban J connectivity index is 2.14. The van der Waals surface area contributed by atoms with Crippen LogP contribution in [0.3, 0.4) is 0 Å². The van der Waals surface area contributed by atoms with E-state index in [2.05, 4.69) is 10.4 Å². The molecule has 118 valence electrons. The Kier molecular flexibility index (Phi) is 3.67. The molecule has 0 unspecified atom stereocenters. The molecule has 0 aliphatic carbocycles. The molecule has 3 aromatic rings. The number of hydrogen-bond acceptors (Lipinski definition) is 4. The molecule has 0 aliphatic heterocycles. The van der Waals surface area contributed by atoms with Crippen molar-refractivity contribution in [2.24, 2.45) is 5.84 Å². The van der Waals surface area contributed by atoms with Crippen LogP contribution in [-0.2, 0) is 9.84 Å². The maximum Gasteiger partial charge on any atom is 0.267 e. The molecule has 1 amide bonds. The Morgan fingerprint density at radius 1 is 1.09 bits per heavy atom. The standard InChI is InChI=1S/C16H15N3O3S/c1-23(21,22)13-4-2-10(3-5-13)12-8-11-6-7-18-15(11)14(9-12)16(20)19-17/h2-9,18H,17H2,1H3,(H,19,20). The number of benzene rings is 2. The number of aromatic nitrogens is 1. The summed E-state index contributed by atoms with van der Waals surface area (Å²) >= 11 is 0. The number of rotatable bonds is 3. The number of sulfone groups is 1. The zero-order valence-corrected chi connectivity index (χ0v) is 13.1. The molecule has 4 N–H and O–H groups in total. The number of carbonyl (C=O) groups excluding carboxylic acids is 1. The van der Waals surface area contributed by atoms with Crippen LogP contribution in [0.15, 0.2) is 53.6 Å². The van der Waals surface area contributed by atoms with Crippen LogP contribution in [0.25, 0.3) is 22.0 Å². The number of hydrogen-bond donors (Lipinski definition) is 3. The Morgan fingerprint density at radius 2 is 1.78 bits per heavy atom. The van der Waals surface area contributed by atoms with Crippen molar-refractivity contribution in [3.05, 3.63) is 54.2 Å². The Labute approximate surface area is 133 Å². The van der Waals surface area contributed by atoms with E-state index in [0.29, 0.717) is 11.1 Å². The van der Waals surface area contributed by atoms with Gasteiger partial charge in [-0.15, -0.1) is 0 Å². The molecule has 6 nitrogen and oxygen atoms in total. The molecule has 3 rings (SSSR count). The van der Waals surface area contributed by atoms with Gasteiger partial charge >= 0.3 is 0 Å². The number of hydrazine groups is 1. The fourth-order valence-electron chi connectivity index (χ4n) is 2.49. The summed E-state index contributed by atoms with van der Waals surface area (Å²) in [4.78, 5) is 15.2. The molecule has 23 heavy (non-hydrogen) atoms. The van der Waals surface area contributed by atoms with E-state index in [1.807, 2.05) is 12.1 Å². The minimum Gasteiger partial charge on any atom is -0.361 e. The van der Waals surface area contributed by atoms with E-state index in [-0.39, 0.29) is 4.90 Å². The van der Waals surface area contributed by atoms with E-state index in [4.69, 9.17) is 5.84 Å². The summed E-state index contributed by atoms with van der Waals surface area (Å²) in [5.74, 6) is 4.84. The van der Waals surface area contributed by atoms with Gasteiger partial charge in [0.25, 0.3) is 5.91 Å². The fraction of sp³-hybridized carbons (Fsp3) is 0.0625. The number of nitrogen functional groups attached to an aromatic ring is 1. The Morgan fingerprint density at radius 3 is 2.39 bits per heavy atom. The van der Waals surface area contributed by atoms with E-state index in [1.165, 1.54) is 0 Å². The van der Waals surface area contributed by atoms with Gasteiger partial charge in [-0.1, -0.05) is 12.1 Å². The Hall–Kier alpha value is -2.64. The molecule has 0 bridgehead atoms. The van der Waals surface area contributed by atoms with Gasteiger partial charge in [0.15, 0.2) is 9.84 Å². The van der Waals surface area contributed by atoms with Gasteiger partial charge in [0, 0.05) is 17.8 Å². The van der Waals surface area contributed by atoms with Gasteiger partial charge < -0.3 is 4.98 Å². The molecule has 1 heterocycles. The third kappa shape index (κ3) is 2.84. The monoisotopic (exact) mass is 329 g/mol. The van der Waals surface area contributed by atoms with Crippen LogP contribution in [-0.4, -0.2) is 25.6 Å². The zero-order chi connectivity index (χ0) is 16.6. The molecule has 2 aromatic carbocycles. The second-order valence-corrected chi connectivity index (χ2v) is 7.25. The lowest BCUT2D eigenvalue weighted by molar-refractivity contribution is 0.0955. The van der Waals surface area contributed by atoms with Gasteiger partial charge in [-0.25, -0.2) is 14.3 Å². The van der Waals surface area contributed by atoms with E-state index in [1.54, 1.807) is 36.5 Å². The maximum atomic E-state index is 12.0. The molecular formula is C16H15N3O3S. The molecule has 1 aromatic heterocycles. The summed E-state index contributed by atoms with van der Waals surface area (Å²) in [5.41, 5.74) is 4.87. The van der Waals surface area contributed by atoms with Crippen molar-refractivity contribution >= 4 is 26.6 Å². The van der Waals surface area contributed by atoms with Crippen LogP contribution in [0.4, 0.5) is 0 Å². The smallest absolute Gasteiger partial charge is 0.267 e. The number of nitrogens with two attached hydrogens (primary N) is 1. The predicted molar refractivity (Wildman–Crippen MR) is 88.5 cm³/mol. The van der Waals surface area contributed by atoms with Crippen molar-refractivity contribution < 1.29 is 13.2 Å². The third-order valence-corrected chi connectivity index (χ3v) is 4.78. The first-order valence-corrected chi connectivity index (χ1v) is 8.72. The minimum atomic E-state index is -3.24. The Bertz CT molecular complexity index is 989. The molecule has 7 heteroatoms. The van der Waals surface area contributed by atoms with Gasteiger partial charge in [0.05, 0.1) is 16.0 Å². The van der Waals surface area contributed by atoms with Crippen LogP contribution in [0, 0.1) is 0 Å². The molecule has 0 atom stereocenters. The number of fused-ring (bicyclic) bond motifs is 1. The molecule has 0 radical (unpaired) electrons. The van der Waals surface area contributed by atoms with Gasteiger partial charge in [0.2, 0.25) is 0 Å². The van der Waals surface area contributed by atoms with E-state index in [0.717, 1.165) is 22.8 Å². The van der Waals surface area contributed by atoms with Gasteiger partial charge in [0.1, 0.15) is 0 Å². The maximum absolute atomic E-state index is 12.0. The van der Waals surface area contributed by atoms with Crippen molar-refractivity contribution in [3.63, 3.8) is 0 Å². The highest BCUT2D eigenvalue weighted by molar-refractivity contribution is 7.90. The van der Waals surface area contributed by atoms with Crippen LogP contribution >= 0.6 is 0 Å². The zero-order valence-electron chi connectivity index (χ0n) is 12.3. The number of carbonyl (C=O) groups is 1. The summed E-state index contributed by atoms with van der Waals surface area (Å²) in [5, 5.41) is 0.869. The van der Waals surface area contributed by atoms with Gasteiger partial charge in [-0.05, 0) is 41.5 Å². The fourth-order valence-corrected chi connectivity index (χ4v) is 3.12. The van der Waals surface area contributed by atoms with Crippen LogP contribution < -0.4 is 11.3 Å². The van der Waals surface area contributed by atoms with Crippen molar-refractivity contribution in [1.29, 1.82) is 0 Å². The highest BCUT2D eigenvalue weighted by atomic mass is 32.2. The van der Waals surface area contributed by atoms with Crippen LogP contribution in [0.5, 0.6) is 0 Å². The first-order valence-electron chi connectivity index (χ1n) is 6.83. The molecule has 0 aliphatic rings. The van der Waals surface area contributed by atoms with Crippen LogP contribution in [0.2, 0.25) is 0 Å². The van der Waals surface area contributed by atoms with Crippen molar-refractivity contribution in [1.82, 2.24) is 10.4 Å². The van der Waals surface area contributed by atoms with Gasteiger partial charge in [-0.2, -0.15) is 0 Å².